The van der Waals surface area contributed by atoms with Crippen molar-refractivity contribution < 1.29 is 10.6 Å². The Kier molecular flexibility index (Phi) is 3.46. The summed E-state index contributed by atoms with van der Waals surface area (Å²) >= 11 is 0. The average Bonchev–Trinajstić information content (AvgIpc) is 2.30. The molecule has 0 aromatic heterocycles. The number of quaternary nitrogens is 2. The molecule has 0 bridgehead atoms. The molecule has 1 aliphatic heterocycles. The minimum Gasteiger partial charge on any atom is -0.360 e. The number of likely N-dealkylation sites (N-methyl/N-ethyl adjacent to an activating group) is 1. The quantitative estimate of drug-likeness (QED) is 0.682. The molecular formula is C13H23N3+2. The molecule has 1 aliphatic rings. The van der Waals surface area contributed by atoms with Gasteiger partial charge >= 0.3 is 0 Å². The van der Waals surface area contributed by atoms with Crippen molar-refractivity contribution >= 4 is 5.69 Å². The van der Waals surface area contributed by atoms with Gasteiger partial charge in [-0.15, -0.1) is 0 Å². The highest BCUT2D eigenvalue weighted by Gasteiger charge is 2.16. The fourth-order valence-electron chi connectivity index (χ4n) is 2.16. The summed E-state index contributed by atoms with van der Waals surface area (Å²) < 4.78 is 0. The van der Waals surface area contributed by atoms with Crippen LogP contribution in [-0.4, -0.2) is 33.2 Å². The molecule has 3 heteroatoms. The fraction of sp³-hybridized carbons (Fsp3) is 0.538. The van der Waals surface area contributed by atoms with Gasteiger partial charge in [-0.25, -0.2) is 0 Å². The van der Waals surface area contributed by atoms with Gasteiger partial charge in [0, 0.05) is 11.3 Å². The maximum absolute atomic E-state index is 4.04. The van der Waals surface area contributed by atoms with Crippen LogP contribution >= 0.6 is 0 Å². The molecular weight excluding hydrogens is 198 g/mol. The van der Waals surface area contributed by atoms with E-state index in [0.717, 1.165) is 0 Å². The highest BCUT2D eigenvalue weighted by Crippen LogP contribution is 2.17. The first-order valence-corrected chi connectivity index (χ1v) is 6.16. The van der Waals surface area contributed by atoms with Gasteiger partial charge in [-0.1, -0.05) is 12.1 Å². The van der Waals surface area contributed by atoms with Gasteiger partial charge in [0.15, 0.2) is 0 Å². The van der Waals surface area contributed by atoms with E-state index < -0.39 is 0 Å². The van der Waals surface area contributed by atoms with Crippen LogP contribution in [0.1, 0.15) is 18.5 Å². The Bertz CT molecular complexity index is 324. The third kappa shape index (κ3) is 2.54. The number of nitrogens with zero attached hydrogens (tertiary/aromatic N) is 1. The molecule has 0 spiro atoms. The Balaban J connectivity index is 2.04. The van der Waals surface area contributed by atoms with Gasteiger partial charge in [0.2, 0.25) is 0 Å². The Morgan fingerprint density at radius 1 is 1.19 bits per heavy atom. The first-order chi connectivity index (χ1) is 7.66. The van der Waals surface area contributed by atoms with E-state index in [1.165, 1.54) is 37.4 Å². The van der Waals surface area contributed by atoms with Crippen molar-refractivity contribution in [3.63, 3.8) is 0 Å². The van der Waals surface area contributed by atoms with Crippen LogP contribution in [0.5, 0.6) is 0 Å². The molecule has 1 heterocycles. The minimum atomic E-state index is 0.381. The van der Waals surface area contributed by atoms with E-state index >= 15 is 0 Å². The van der Waals surface area contributed by atoms with E-state index in [4.69, 9.17) is 0 Å². The molecule has 1 aromatic rings. The third-order valence-corrected chi connectivity index (χ3v) is 3.44. The van der Waals surface area contributed by atoms with Crippen molar-refractivity contribution in [1.29, 1.82) is 0 Å². The number of hydrogen-bond donors (Lipinski definition) is 2. The van der Waals surface area contributed by atoms with Gasteiger partial charge in [0.1, 0.15) is 6.04 Å². The van der Waals surface area contributed by atoms with E-state index in [1.54, 1.807) is 4.90 Å². The van der Waals surface area contributed by atoms with Crippen LogP contribution in [0.3, 0.4) is 0 Å². The number of benzene rings is 1. The van der Waals surface area contributed by atoms with Crippen LogP contribution in [0.2, 0.25) is 0 Å². The summed E-state index contributed by atoms with van der Waals surface area (Å²) in [4.78, 5) is 4.11. The van der Waals surface area contributed by atoms with Crippen LogP contribution in [-0.2, 0) is 0 Å². The molecule has 0 aliphatic carbocycles. The van der Waals surface area contributed by atoms with Crippen molar-refractivity contribution in [3.8, 4) is 0 Å². The first kappa shape index (κ1) is 11.4. The van der Waals surface area contributed by atoms with Gasteiger partial charge < -0.3 is 15.5 Å². The number of anilines is 1. The second-order valence-corrected chi connectivity index (χ2v) is 4.94. The number of rotatable bonds is 2. The average molecular weight is 221 g/mol. The smallest absolute Gasteiger partial charge is 0.107 e. The summed E-state index contributed by atoms with van der Waals surface area (Å²) in [6.45, 7) is 6.96. The van der Waals surface area contributed by atoms with Gasteiger partial charge in [-0.3, -0.25) is 0 Å². The van der Waals surface area contributed by atoms with E-state index in [2.05, 4.69) is 48.9 Å². The highest BCUT2D eigenvalue weighted by atomic mass is 15.2. The summed E-state index contributed by atoms with van der Waals surface area (Å²) in [5.41, 5.74) is 6.72. The van der Waals surface area contributed by atoms with Crippen molar-refractivity contribution in [1.82, 2.24) is 0 Å². The van der Waals surface area contributed by atoms with Gasteiger partial charge in [-0.05, 0) is 19.1 Å². The zero-order valence-corrected chi connectivity index (χ0v) is 10.4. The largest absolute Gasteiger partial charge is 0.360 e. The number of piperazine rings is 1. The SMILES string of the molecule is C[C@H]([NH3+])c1ccc(N2CC[NH+](C)CC2)cc1. The predicted molar refractivity (Wildman–Crippen MR) is 66.6 cm³/mol. The van der Waals surface area contributed by atoms with Crippen LogP contribution < -0.4 is 15.5 Å². The lowest BCUT2D eigenvalue weighted by atomic mass is 10.1. The number of nitrogens with one attached hydrogen (secondary N) is 1. The lowest BCUT2D eigenvalue weighted by Gasteiger charge is -2.31. The van der Waals surface area contributed by atoms with Crippen molar-refractivity contribution in [3.05, 3.63) is 29.8 Å². The molecule has 88 valence electrons. The normalized spacial score (nSPS) is 19.8. The standard InChI is InChI=1S/C13H21N3/c1-11(14)12-3-5-13(6-4-12)16-9-7-15(2)8-10-16/h3-6,11H,7-10,14H2,1-2H3/p+2/t11-/m0/s1. The molecule has 4 N–H and O–H groups in total. The molecule has 2 rings (SSSR count). The van der Waals surface area contributed by atoms with E-state index in [0.29, 0.717) is 6.04 Å². The molecule has 1 atom stereocenters. The number of hydrogen-bond acceptors (Lipinski definition) is 1. The lowest BCUT2D eigenvalue weighted by Crippen LogP contribution is -3.12. The van der Waals surface area contributed by atoms with Gasteiger partial charge in [-0.2, -0.15) is 0 Å². The van der Waals surface area contributed by atoms with Crippen LogP contribution in [0.25, 0.3) is 0 Å². The Morgan fingerprint density at radius 3 is 2.25 bits per heavy atom. The maximum atomic E-state index is 4.04. The summed E-state index contributed by atoms with van der Waals surface area (Å²) in [7, 11) is 2.27. The molecule has 3 nitrogen and oxygen atoms in total. The van der Waals surface area contributed by atoms with E-state index in [1.807, 2.05) is 0 Å². The van der Waals surface area contributed by atoms with Crippen LogP contribution in [0, 0.1) is 0 Å². The first-order valence-electron chi connectivity index (χ1n) is 6.16. The zero-order chi connectivity index (χ0) is 11.5. The lowest BCUT2D eigenvalue weighted by molar-refractivity contribution is -0.880. The molecule has 16 heavy (non-hydrogen) atoms. The van der Waals surface area contributed by atoms with Gasteiger partial charge in [0.05, 0.1) is 33.2 Å². The second-order valence-electron chi connectivity index (χ2n) is 4.94. The summed E-state index contributed by atoms with van der Waals surface area (Å²) in [5, 5.41) is 0. The second kappa shape index (κ2) is 4.85. The molecule has 1 saturated heterocycles. The fourth-order valence-corrected chi connectivity index (χ4v) is 2.16. The molecule has 1 fully saturated rings. The maximum Gasteiger partial charge on any atom is 0.107 e. The minimum absolute atomic E-state index is 0.381. The van der Waals surface area contributed by atoms with E-state index in [9.17, 15) is 0 Å². The third-order valence-electron chi connectivity index (χ3n) is 3.44. The molecule has 0 unspecified atom stereocenters. The summed E-state index contributed by atoms with van der Waals surface area (Å²) in [6, 6.07) is 9.26. The summed E-state index contributed by atoms with van der Waals surface area (Å²) in [6.07, 6.45) is 0. The molecule has 0 radical (unpaired) electrons. The zero-order valence-electron chi connectivity index (χ0n) is 10.4. The van der Waals surface area contributed by atoms with Crippen molar-refractivity contribution in [2.75, 3.05) is 38.1 Å². The van der Waals surface area contributed by atoms with Crippen LogP contribution in [0.4, 0.5) is 5.69 Å². The monoisotopic (exact) mass is 221 g/mol. The van der Waals surface area contributed by atoms with E-state index in [-0.39, 0.29) is 0 Å². The van der Waals surface area contributed by atoms with Crippen molar-refractivity contribution in [2.24, 2.45) is 0 Å². The van der Waals surface area contributed by atoms with Gasteiger partial charge in [0.25, 0.3) is 0 Å². The Hall–Kier alpha value is -1.06. The van der Waals surface area contributed by atoms with Crippen molar-refractivity contribution in [2.45, 2.75) is 13.0 Å². The Morgan fingerprint density at radius 2 is 1.75 bits per heavy atom. The highest BCUT2D eigenvalue weighted by molar-refractivity contribution is 5.48. The van der Waals surface area contributed by atoms with Crippen LogP contribution in [0.15, 0.2) is 24.3 Å². The predicted octanol–water partition coefficient (Wildman–Crippen LogP) is -0.676. The Labute approximate surface area is 97.8 Å². The molecule has 0 saturated carbocycles. The summed E-state index contributed by atoms with van der Waals surface area (Å²) in [5.74, 6) is 0. The molecule has 1 aromatic carbocycles. The molecule has 0 amide bonds. The topological polar surface area (TPSA) is 35.3 Å².